The predicted octanol–water partition coefficient (Wildman–Crippen LogP) is 5.33. The molecular formula is C44H46F2N8O6S. The van der Waals surface area contributed by atoms with Crippen molar-refractivity contribution in [2.45, 2.75) is 56.6 Å². The third-order valence-corrected chi connectivity index (χ3v) is 13.7. The van der Waals surface area contributed by atoms with Gasteiger partial charge in [0, 0.05) is 73.3 Å². The van der Waals surface area contributed by atoms with Gasteiger partial charge in [-0.2, -0.15) is 0 Å². The molecule has 3 amide bonds. The van der Waals surface area contributed by atoms with Gasteiger partial charge < -0.3 is 14.8 Å². The van der Waals surface area contributed by atoms with E-state index >= 15 is 8.78 Å². The van der Waals surface area contributed by atoms with Crippen LogP contribution >= 0.6 is 0 Å². The lowest BCUT2D eigenvalue weighted by atomic mass is 9.86. The molecule has 0 saturated carbocycles. The summed E-state index contributed by atoms with van der Waals surface area (Å²) in [6.07, 6.45) is 7.33. The predicted molar refractivity (Wildman–Crippen MR) is 226 cm³/mol. The zero-order valence-corrected chi connectivity index (χ0v) is 34.6. The van der Waals surface area contributed by atoms with E-state index < -0.39 is 43.9 Å². The summed E-state index contributed by atoms with van der Waals surface area (Å²) in [7, 11) is -3.98. The third kappa shape index (κ3) is 8.61. The van der Waals surface area contributed by atoms with Crippen molar-refractivity contribution in [2.75, 3.05) is 55.4 Å². The maximum absolute atomic E-state index is 15.6. The fraction of sp³-hybridized carbons (Fsp3) is 0.364. The molecule has 3 fully saturated rings. The molecule has 8 rings (SSSR count). The minimum absolute atomic E-state index is 0.0477. The number of pyridine rings is 2. The Kier molecular flexibility index (Phi) is 11.7. The number of aromatic nitrogens is 3. The van der Waals surface area contributed by atoms with Crippen LogP contribution in [-0.2, 0) is 24.4 Å². The summed E-state index contributed by atoms with van der Waals surface area (Å²) < 4.78 is 57.7. The van der Waals surface area contributed by atoms with Crippen molar-refractivity contribution in [1.29, 1.82) is 0 Å². The largest absolute Gasteiger partial charge is 0.353 e. The van der Waals surface area contributed by atoms with Crippen molar-refractivity contribution >= 4 is 56.1 Å². The molecule has 0 spiro atoms. The number of nitrogens with zero attached hydrogens (tertiary/aromatic N) is 5. The van der Waals surface area contributed by atoms with E-state index in [0.29, 0.717) is 79.5 Å². The second-order valence-electron chi connectivity index (χ2n) is 16.1. The van der Waals surface area contributed by atoms with Gasteiger partial charge in [0.1, 0.15) is 17.3 Å². The standard InChI is InChI=1S/C44H46F2N8O6S/c1-26(2)61(59,60)51-36-11-10-35(45)39(40(36)46)41(57)34-24-49-42-33(34)22-30(23-48-42)31-4-3-15-47-43(31)54-20-18-53(19-21-54)38(56)25-52-16-13-28(14-17-52)27-5-7-29(8-6-27)32-9-12-37(55)50-44(32)58/h3-8,10-11,15,22-24,26,28,32,51H,9,12-14,16-21,25H2,1-2H3,(H,48,49)(H,50,55,58). The number of amides is 3. The number of rotatable bonds is 11. The van der Waals surface area contributed by atoms with E-state index in [0.717, 1.165) is 43.6 Å². The van der Waals surface area contributed by atoms with Crippen LogP contribution in [-0.4, -0.2) is 108 Å². The Bertz CT molecular complexity index is 2620. The lowest BCUT2D eigenvalue weighted by Crippen LogP contribution is -2.52. The van der Waals surface area contributed by atoms with E-state index in [4.69, 9.17) is 0 Å². The molecule has 17 heteroatoms. The monoisotopic (exact) mass is 852 g/mol. The first-order valence-corrected chi connectivity index (χ1v) is 22.0. The van der Waals surface area contributed by atoms with Crippen LogP contribution in [0.4, 0.5) is 20.3 Å². The number of H-pyrrole nitrogens is 1. The lowest BCUT2D eigenvalue weighted by molar-refractivity contribution is -0.134. The third-order valence-electron chi connectivity index (χ3n) is 12.0. The van der Waals surface area contributed by atoms with Crippen molar-refractivity contribution in [1.82, 2.24) is 30.1 Å². The Hall–Kier alpha value is -6.07. The van der Waals surface area contributed by atoms with Crippen LogP contribution < -0.4 is 14.9 Å². The van der Waals surface area contributed by atoms with Gasteiger partial charge in [-0.3, -0.25) is 34.1 Å². The molecule has 1 unspecified atom stereocenters. The fourth-order valence-corrected chi connectivity index (χ4v) is 9.05. The molecule has 14 nitrogen and oxygen atoms in total. The number of piperazine rings is 1. The zero-order chi connectivity index (χ0) is 43.0. The van der Waals surface area contributed by atoms with Crippen LogP contribution in [0.2, 0.25) is 0 Å². The Balaban J connectivity index is 0.894. The van der Waals surface area contributed by atoms with E-state index in [1.807, 2.05) is 23.1 Å². The number of carbonyl (C=O) groups is 4. The summed E-state index contributed by atoms with van der Waals surface area (Å²) in [5.74, 6) is -3.12. The molecule has 5 aromatic rings. The van der Waals surface area contributed by atoms with E-state index in [2.05, 4.69) is 46.9 Å². The first-order chi connectivity index (χ1) is 29.3. The van der Waals surface area contributed by atoms with Crippen molar-refractivity contribution < 1.29 is 36.4 Å². The number of carbonyl (C=O) groups excluding carboxylic acids is 4. The van der Waals surface area contributed by atoms with Crippen molar-refractivity contribution in [3.8, 4) is 11.1 Å². The summed E-state index contributed by atoms with van der Waals surface area (Å²) in [6.45, 7) is 6.82. The van der Waals surface area contributed by atoms with Gasteiger partial charge in [-0.15, -0.1) is 0 Å². The zero-order valence-electron chi connectivity index (χ0n) is 33.8. The highest BCUT2D eigenvalue weighted by atomic mass is 32.2. The molecule has 0 aliphatic carbocycles. The van der Waals surface area contributed by atoms with Gasteiger partial charge in [0.25, 0.3) is 0 Å². The molecular weight excluding hydrogens is 807 g/mol. The van der Waals surface area contributed by atoms with Gasteiger partial charge in [-0.05, 0) is 93.6 Å². The van der Waals surface area contributed by atoms with Crippen LogP contribution in [0, 0.1) is 11.6 Å². The highest BCUT2D eigenvalue weighted by Crippen LogP contribution is 2.34. The Morgan fingerprint density at radius 2 is 1.64 bits per heavy atom. The van der Waals surface area contributed by atoms with Crippen LogP contribution in [0.15, 0.2) is 73.2 Å². The molecule has 3 aromatic heterocycles. The van der Waals surface area contributed by atoms with Crippen molar-refractivity contribution in [2.24, 2.45) is 0 Å². The molecule has 3 aliphatic rings. The fourth-order valence-electron chi connectivity index (χ4n) is 8.35. The number of ketones is 1. The second kappa shape index (κ2) is 17.1. The number of halogens is 2. The number of piperidine rings is 2. The average Bonchev–Trinajstić information content (AvgIpc) is 3.69. The number of nitrogens with one attached hydrogen (secondary N) is 3. The molecule has 3 aliphatic heterocycles. The summed E-state index contributed by atoms with van der Waals surface area (Å²) in [5.41, 5.74) is 2.29. The van der Waals surface area contributed by atoms with Gasteiger partial charge in [0.2, 0.25) is 33.5 Å². The number of imide groups is 1. The summed E-state index contributed by atoms with van der Waals surface area (Å²) in [5, 5.41) is 1.84. The number of hydrogen-bond donors (Lipinski definition) is 3. The molecule has 6 heterocycles. The number of aromatic amines is 1. The highest BCUT2D eigenvalue weighted by Gasteiger charge is 2.31. The van der Waals surface area contributed by atoms with Gasteiger partial charge in [-0.25, -0.2) is 27.2 Å². The quantitative estimate of drug-likeness (QED) is 0.116. The van der Waals surface area contributed by atoms with Gasteiger partial charge in [0.05, 0.1) is 29.0 Å². The van der Waals surface area contributed by atoms with Crippen molar-refractivity contribution in [3.05, 3.63) is 107 Å². The smallest absolute Gasteiger partial charge is 0.236 e. The molecule has 1 atom stereocenters. The Labute approximate surface area is 351 Å². The summed E-state index contributed by atoms with van der Waals surface area (Å²) in [6, 6.07) is 15.3. The molecule has 2 aromatic carbocycles. The number of fused-ring (bicyclic) bond motifs is 1. The minimum atomic E-state index is -3.98. The van der Waals surface area contributed by atoms with E-state index in [-0.39, 0.29) is 29.2 Å². The molecule has 3 saturated heterocycles. The number of sulfonamides is 1. The van der Waals surface area contributed by atoms with E-state index in [1.54, 1.807) is 24.5 Å². The Morgan fingerprint density at radius 1 is 0.918 bits per heavy atom. The number of anilines is 2. The van der Waals surface area contributed by atoms with E-state index in [9.17, 15) is 27.6 Å². The minimum Gasteiger partial charge on any atom is -0.353 e. The molecule has 61 heavy (non-hydrogen) atoms. The number of hydrogen-bond acceptors (Lipinski definition) is 10. The van der Waals surface area contributed by atoms with E-state index in [1.165, 1.54) is 25.6 Å². The molecule has 0 bridgehead atoms. The van der Waals surface area contributed by atoms with Crippen LogP contribution in [0.3, 0.4) is 0 Å². The summed E-state index contributed by atoms with van der Waals surface area (Å²) >= 11 is 0. The Morgan fingerprint density at radius 3 is 2.34 bits per heavy atom. The lowest BCUT2D eigenvalue weighted by Gasteiger charge is -2.38. The van der Waals surface area contributed by atoms with Crippen LogP contribution in [0.5, 0.6) is 0 Å². The molecule has 3 N–H and O–H groups in total. The van der Waals surface area contributed by atoms with Crippen LogP contribution in [0.25, 0.3) is 22.2 Å². The average molecular weight is 853 g/mol. The SMILES string of the molecule is CC(C)S(=O)(=O)Nc1ccc(F)c(C(=O)c2c[nH]c3ncc(-c4cccnc4N4CCN(C(=O)CN5CCC(c6ccc(C7CCC(=O)NC7=O)cc6)CC5)CC4)cc23)c1F. The molecule has 318 valence electrons. The van der Waals surface area contributed by atoms with Gasteiger partial charge in [-0.1, -0.05) is 24.3 Å². The topological polar surface area (TPSA) is 178 Å². The van der Waals surface area contributed by atoms with Crippen LogP contribution in [0.1, 0.15) is 78.4 Å². The maximum Gasteiger partial charge on any atom is 0.236 e. The number of likely N-dealkylation sites (tertiary alicyclic amines) is 1. The first-order valence-electron chi connectivity index (χ1n) is 20.4. The molecule has 0 radical (unpaired) electrons. The normalized spacial score (nSPS) is 18.1. The van der Waals surface area contributed by atoms with Gasteiger partial charge >= 0.3 is 0 Å². The summed E-state index contributed by atoms with van der Waals surface area (Å²) in [4.78, 5) is 69.4. The first kappa shape index (κ1) is 41.7. The second-order valence-corrected chi connectivity index (χ2v) is 18.3. The van der Waals surface area contributed by atoms with Gasteiger partial charge in [0.15, 0.2) is 5.82 Å². The number of benzene rings is 2. The highest BCUT2D eigenvalue weighted by molar-refractivity contribution is 7.93. The maximum atomic E-state index is 15.6. The van der Waals surface area contributed by atoms with Crippen molar-refractivity contribution in [3.63, 3.8) is 0 Å².